The van der Waals surface area contributed by atoms with Crippen molar-refractivity contribution in [1.82, 2.24) is 9.97 Å². The minimum Gasteiger partial charge on any atom is -0.237 e. The SMILES string of the molecule is CC(C)c1cccc(-c2cccc3c([C@@H](C)c4ccnc(-c5cccc6ccccc56)n4)cccc23)c1. The number of nitrogens with zero attached hydrogens (tertiary/aromatic N) is 2. The molecule has 6 aromatic rings. The summed E-state index contributed by atoms with van der Waals surface area (Å²) in [6, 6.07) is 39.0. The van der Waals surface area contributed by atoms with E-state index in [0.717, 1.165) is 17.1 Å². The van der Waals surface area contributed by atoms with Gasteiger partial charge in [-0.25, -0.2) is 9.97 Å². The molecule has 5 aromatic carbocycles. The first-order valence-electron chi connectivity index (χ1n) is 13.0. The molecule has 0 unspecified atom stereocenters. The maximum Gasteiger partial charge on any atom is 0.160 e. The first-order chi connectivity index (χ1) is 18.1. The van der Waals surface area contributed by atoms with Gasteiger partial charge in [-0.05, 0) is 55.8 Å². The van der Waals surface area contributed by atoms with Gasteiger partial charge in [0.1, 0.15) is 0 Å². The Labute approximate surface area is 218 Å². The van der Waals surface area contributed by atoms with E-state index in [9.17, 15) is 0 Å². The van der Waals surface area contributed by atoms with Crippen LogP contribution in [-0.2, 0) is 0 Å². The molecule has 0 spiro atoms. The lowest BCUT2D eigenvalue weighted by atomic mass is 9.88. The highest BCUT2D eigenvalue weighted by Crippen LogP contribution is 2.36. The van der Waals surface area contributed by atoms with Crippen molar-refractivity contribution < 1.29 is 0 Å². The molecule has 0 amide bonds. The van der Waals surface area contributed by atoms with Crippen LogP contribution < -0.4 is 0 Å². The Morgan fingerprint density at radius 3 is 2.19 bits per heavy atom. The predicted molar refractivity (Wildman–Crippen MR) is 156 cm³/mol. The smallest absolute Gasteiger partial charge is 0.160 e. The molecule has 0 saturated heterocycles. The van der Waals surface area contributed by atoms with Gasteiger partial charge in [0, 0.05) is 17.7 Å². The summed E-state index contributed by atoms with van der Waals surface area (Å²) < 4.78 is 0. The molecule has 0 aliphatic heterocycles. The number of hydrogen-bond donors (Lipinski definition) is 0. The summed E-state index contributed by atoms with van der Waals surface area (Å²) in [5.74, 6) is 1.39. The molecule has 1 atom stereocenters. The fraction of sp³-hybridized carbons (Fsp3) is 0.143. The van der Waals surface area contributed by atoms with Gasteiger partial charge >= 0.3 is 0 Å². The lowest BCUT2D eigenvalue weighted by molar-refractivity contribution is 0.867. The Morgan fingerprint density at radius 1 is 0.595 bits per heavy atom. The van der Waals surface area contributed by atoms with Crippen LogP contribution in [-0.4, -0.2) is 9.97 Å². The normalized spacial score (nSPS) is 12.3. The van der Waals surface area contributed by atoms with E-state index in [-0.39, 0.29) is 5.92 Å². The molecule has 37 heavy (non-hydrogen) atoms. The van der Waals surface area contributed by atoms with Gasteiger partial charge in [0.05, 0.1) is 5.69 Å². The molecule has 0 aliphatic carbocycles. The van der Waals surface area contributed by atoms with E-state index in [1.165, 1.54) is 43.8 Å². The minimum atomic E-state index is 0.123. The lowest BCUT2D eigenvalue weighted by Gasteiger charge is -2.17. The summed E-state index contributed by atoms with van der Waals surface area (Å²) in [4.78, 5) is 9.74. The molecule has 0 saturated carbocycles. The Bertz CT molecular complexity index is 1730. The van der Waals surface area contributed by atoms with E-state index in [4.69, 9.17) is 4.98 Å². The van der Waals surface area contributed by atoms with Crippen molar-refractivity contribution in [2.24, 2.45) is 0 Å². The van der Waals surface area contributed by atoms with Gasteiger partial charge in [0.2, 0.25) is 0 Å². The summed E-state index contributed by atoms with van der Waals surface area (Å²) in [7, 11) is 0. The number of aromatic nitrogens is 2. The van der Waals surface area contributed by atoms with Gasteiger partial charge in [-0.3, -0.25) is 0 Å². The third-order valence-corrected chi connectivity index (χ3v) is 7.44. The average Bonchev–Trinajstić information content (AvgIpc) is 2.96. The second-order valence-electron chi connectivity index (χ2n) is 10.1. The molecule has 1 aromatic heterocycles. The van der Waals surface area contributed by atoms with Crippen molar-refractivity contribution in [1.29, 1.82) is 0 Å². The highest BCUT2D eigenvalue weighted by Gasteiger charge is 2.17. The van der Waals surface area contributed by atoms with Crippen molar-refractivity contribution in [3.05, 3.63) is 132 Å². The topological polar surface area (TPSA) is 25.8 Å². The Morgan fingerprint density at radius 2 is 1.30 bits per heavy atom. The second kappa shape index (κ2) is 9.63. The molecule has 2 nitrogen and oxygen atoms in total. The fourth-order valence-electron chi connectivity index (χ4n) is 5.35. The van der Waals surface area contributed by atoms with Crippen LogP contribution in [0.1, 0.15) is 49.4 Å². The van der Waals surface area contributed by atoms with Crippen molar-refractivity contribution >= 4 is 21.5 Å². The Kier molecular flexibility index (Phi) is 6.02. The van der Waals surface area contributed by atoms with Gasteiger partial charge in [-0.15, -0.1) is 0 Å². The molecule has 6 rings (SSSR count). The van der Waals surface area contributed by atoms with Crippen LogP contribution in [0.15, 0.2) is 115 Å². The monoisotopic (exact) mass is 478 g/mol. The van der Waals surface area contributed by atoms with E-state index in [0.29, 0.717) is 5.92 Å². The van der Waals surface area contributed by atoms with E-state index in [1.807, 2.05) is 12.3 Å². The molecule has 0 N–H and O–H groups in total. The molecule has 1 heterocycles. The van der Waals surface area contributed by atoms with Crippen LogP contribution >= 0.6 is 0 Å². The standard InChI is InChI=1S/C35H30N2/c1-23(2)26-12-6-13-27(22-26)30-16-9-17-31-28(15-8-18-32(30)31)24(3)34-20-21-36-35(37-34)33-19-7-11-25-10-4-5-14-29(25)33/h4-24H,1-3H3/t24-/m1/s1. The maximum atomic E-state index is 5.08. The van der Waals surface area contributed by atoms with E-state index < -0.39 is 0 Å². The maximum absolute atomic E-state index is 5.08. The van der Waals surface area contributed by atoms with E-state index >= 15 is 0 Å². The van der Waals surface area contributed by atoms with Crippen LogP contribution in [0.5, 0.6) is 0 Å². The van der Waals surface area contributed by atoms with Crippen LogP contribution in [0.3, 0.4) is 0 Å². The largest absolute Gasteiger partial charge is 0.237 e. The third-order valence-electron chi connectivity index (χ3n) is 7.44. The first-order valence-corrected chi connectivity index (χ1v) is 13.0. The third kappa shape index (κ3) is 4.29. The molecule has 0 aliphatic rings. The number of rotatable bonds is 5. The number of fused-ring (bicyclic) bond motifs is 2. The average molecular weight is 479 g/mol. The van der Waals surface area contributed by atoms with Crippen molar-refractivity contribution in [2.45, 2.75) is 32.6 Å². The quantitative estimate of drug-likeness (QED) is 0.247. The highest BCUT2D eigenvalue weighted by molar-refractivity contribution is 5.99. The highest BCUT2D eigenvalue weighted by atomic mass is 14.9. The van der Waals surface area contributed by atoms with Gasteiger partial charge in [0.15, 0.2) is 5.82 Å². The summed E-state index contributed by atoms with van der Waals surface area (Å²) in [6.45, 7) is 6.74. The fourth-order valence-corrected chi connectivity index (χ4v) is 5.35. The van der Waals surface area contributed by atoms with E-state index in [2.05, 4.69) is 129 Å². The van der Waals surface area contributed by atoms with Gasteiger partial charge < -0.3 is 0 Å². The van der Waals surface area contributed by atoms with E-state index in [1.54, 1.807) is 0 Å². The van der Waals surface area contributed by atoms with Crippen LogP contribution in [0.2, 0.25) is 0 Å². The molecule has 180 valence electrons. The Hall–Kier alpha value is -4.30. The van der Waals surface area contributed by atoms with Gasteiger partial charge in [-0.2, -0.15) is 0 Å². The minimum absolute atomic E-state index is 0.123. The summed E-state index contributed by atoms with van der Waals surface area (Å²) >= 11 is 0. The molecule has 0 bridgehead atoms. The van der Waals surface area contributed by atoms with Gasteiger partial charge in [-0.1, -0.05) is 124 Å². The number of benzene rings is 5. The van der Waals surface area contributed by atoms with Crippen LogP contribution in [0, 0.1) is 0 Å². The Balaban J connectivity index is 1.44. The first kappa shape index (κ1) is 23.1. The van der Waals surface area contributed by atoms with Crippen molar-refractivity contribution in [3.63, 3.8) is 0 Å². The van der Waals surface area contributed by atoms with Crippen molar-refractivity contribution in [3.8, 4) is 22.5 Å². The lowest BCUT2D eigenvalue weighted by Crippen LogP contribution is -2.03. The zero-order valence-corrected chi connectivity index (χ0v) is 21.5. The molecular formula is C35H30N2. The number of hydrogen-bond acceptors (Lipinski definition) is 2. The molecular weight excluding hydrogens is 448 g/mol. The second-order valence-corrected chi connectivity index (χ2v) is 10.1. The zero-order chi connectivity index (χ0) is 25.4. The molecule has 0 fully saturated rings. The zero-order valence-electron chi connectivity index (χ0n) is 21.5. The molecule has 0 radical (unpaired) electrons. The summed E-state index contributed by atoms with van der Waals surface area (Å²) in [5.41, 5.74) is 7.27. The van der Waals surface area contributed by atoms with Crippen LogP contribution in [0.25, 0.3) is 44.1 Å². The summed E-state index contributed by atoms with van der Waals surface area (Å²) in [6.07, 6.45) is 1.89. The van der Waals surface area contributed by atoms with Crippen LogP contribution in [0.4, 0.5) is 0 Å². The predicted octanol–water partition coefficient (Wildman–Crippen LogP) is 9.39. The van der Waals surface area contributed by atoms with Crippen molar-refractivity contribution in [2.75, 3.05) is 0 Å². The van der Waals surface area contributed by atoms with Gasteiger partial charge in [0.25, 0.3) is 0 Å². The molecule has 2 heteroatoms. The summed E-state index contributed by atoms with van der Waals surface area (Å²) in [5, 5.41) is 4.92.